The minimum absolute atomic E-state index is 0.0668. The Labute approximate surface area is 136 Å². The predicted molar refractivity (Wildman–Crippen MR) is 88.2 cm³/mol. The average Bonchev–Trinajstić information content (AvgIpc) is 3.03. The molecule has 0 N–H and O–H groups in total. The van der Waals surface area contributed by atoms with Gasteiger partial charge in [-0.1, -0.05) is 31.2 Å². The third-order valence-corrected chi connectivity index (χ3v) is 4.61. The highest BCUT2D eigenvalue weighted by atomic mass is 16.3. The number of hydrogen-bond acceptors (Lipinski definition) is 4. The third kappa shape index (κ3) is 3.15. The summed E-state index contributed by atoms with van der Waals surface area (Å²) in [6.45, 7) is 3.57. The molecule has 1 aromatic heterocycles. The quantitative estimate of drug-likeness (QED) is 0.869. The second kappa shape index (κ2) is 6.54. The zero-order valence-corrected chi connectivity index (χ0v) is 14.0. The SMILES string of the molecule is CCc1ocnc1C(=O)N(C)CC1Cc2ccccc2CN1C. The molecule has 0 saturated heterocycles. The van der Waals surface area contributed by atoms with E-state index in [4.69, 9.17) is 4.42 Å². The van der Waals surface area contributed by atoms with E-state index in [0.29, 0.717) is 30.5 Å². The van der Waals surface area contributed by atoms with E-state index in [1.54, 1.807) is 4.90 Å². The molecule has 5 nitrogen and oxygen atoms in total. The lowest BCUT2D eigenvalue weighted by Crippen LogP contribution is -2.46. The number of fused-ring (bicyclic) bond motifs is 1. The number of carbonyl (C=O) groups excluding carboxylic acids is 1. The maximum Gasteiger partial charge on any atom is 0.275 e. The summed E-state index contributed by atoms with van der Waals surface area (Å²) in [5.41, 5.74) is 3.20. The van der Waals surface area contributed by atoms with Crippen LogP contribution in [0, 0.1) is 0 Å². The fraction of sp³-hybridized carbons (Fsp3) is 0.444. The topological polar surface area (TPSA) is 49.6 Å². The molecule has 1 unspecified atom stereocenters. The second-order valence-electron chi connectivity index (χ2n) is 6.21. The molecule has 1 aliphatic heterocycles. The van der Waals surface area contributed by atoms with Crippen molar-refractivity contribution in [3.63, 3.8) is 0 Å². The lowest BCUT2D eigenvalue weighted by molar-refractivity contribution is 0.0726. The average molecular weight is 313 g/mol. The number of benzene rings is 1. The Morgan fingerprint density at radius 3 is 2.87 bits per heavy atom. The minimum Gasteiger partial charge on any atom is -0.448 e. The van der Waals surface area contributed by atoms with Gasteiger partial charge < -0.3 is 9.32 Å². The smallest absolute Gasteiger partial charge is 0.275 e. The largest absolute Gasteiger partial charge is 0.448 e. The van der Waals surface area contributed by atoms with Gasteiger partial charge in [-0.15, -0.1) is 0 Å². The van der Waals surface area contributed by atoms with Crippen molar-refractivity contribution in [2.45, 2.75) is 32.4 Å². The van der Waals surface area contributed by atoms with E-state index in [-0.39, 0.29) is 5.91 Å². The van der Waals surface area contributed by atoms with Gasteiger partial charge in [0.05, 0.1) is 0 Å². The number of hydrogen-bond donors (Lipinski definition) is 0. The Bertz CT molecular complexity index is 695. The van der Waals surface area contributed by atoms with Gasteiger partial charge in [0.1, 0.15) is 5.76 Å². The summed E-state index contributed by atoms with van der Waals surface area (Å²) in [6.07, 6.45) is 2.98. The zero-order valence-electron chi connectivity index (χ0n) is 14.0. The molecule has 1 aliphatic rings. The van der Waals surface area contributed by atoms with Crippen LogP contribution in [0.25, 0.3) is 0 Å². The first-order chi connectivity index (χ1) is 11.1. The van der Waals surface area contributed by atoms with Crippen LogP contribution in [0.4, 0.5) is 0 Å². The predicted octanol–water partition coefficient (Wildman–Crippen LogP) is 2.37. The van der Waals surface area contributed by atoms with E-state index in [2.05, 4.69) is 41.2 Å². The van der Waals surface area contributed by atoms with Gasteiger partial charge in [0.15, 0.2) is 12.1 Å². The first-order valence-corrected chi connectivity index (χ1v) is 8.05. The van der Waals surface area contributed by atoms with Crippen molar-refractivity contribution in [1.29, 1.82) is 0 Å². The standard InChI is InChI=1S/C18H23N3O2/c1-4-16-17(19-12-23-16)18(22)21(3)11-15-9-13-7-5-6-8-14(13)10-20(15)2/h5-8,12,15H,4,9-11H2,1-3H3. The third-order valence-electron chi connectivity index (χ3n) is 4.61. The van der Waals surface area contributed by atoms with E-state index in [0.717, 1.165) is 13.0 Å². The molecule has 0 bridgehead atoms. The van der Waals surface area contributed by atoms with E-state index in [9.17, 15) is 4.79 Å². The minimum atomic E-state index is -0.0668. The Balaban J connectivity index is 1.71. The maximum absolute atomic E-state index is 12.6. The van der Waals surface area contributed by atoms with Crippen LogP contribution in [0.5, 0.6) is 0 Å². The Kier molecular flexibility index (Phi) is 4.48. The van der Waals surface area contributed by atoms with E-state index in [1.807, 2.05) is 14.0 Å². The normalized spacial score (nSPS) is 17.8. The molecule has 1 amide bonds. The van der Waals surface area contributed by atoms with E-state index < -0.39 is 0 Å². The zero-order chi connectivity index (χ0) is 16.4. The van der Waals surface area contributed by atoms with Crippen molar-refractivity contribution >= 4 is 5.91 Å². The van der Waals surface area contributed by atoms with Crippen LogP contribution in [0.2, 0.25) is 0 Å². The maximum atomic E-state index is 12.6. The molecule has 1 aromatic carbocycles. The summed E-state index contributed by atoms with van der Waals surface area (Å²) in [4.78, 5) is 20.8. The first kappa shape index (κ1) is 15.7. The van der Waals surface area contributed by atoms with Gasteiger partial charge in [-0.25, -0.2) is 4.98 Å². The molecule has 122 valence electrons. The molecule has 0 fully saturated rings. The molecule has 3 rings (SSSR count). The molecule has 5 heteroatoms. The highest BCUT2D eigenvalue weighted by molar-refractivity contribution is 5.93. The van der Waals surface area contributed by atoms with E-state index in [1.165, 1.54) is 17.5 Å². The van der Waals surface area contributed by atoms with Crippen molar-refractivity contribution in [2.24, 2.45) is 0 Å². The van der Waals surface area contributed by atoms with Crippen LogP contribution in [0.1, 0.15) is 34.3 Å². The van der Waals surface area contributed by atoms with E-state index >= 15 is 0 Å². The van der Waals surface area contributed by atoms with Crippen LogP contribution >= 0.6 is 0 Å². The molecule has 2 heterocycles. The molecule has 0 spiro atoms. The van der Waals surface area contributed by atoms with Gasteiger partial charge in [0.25, 0.3) is 5.91 Å². The monoisotopic (exact) mass is 313 g/mol. The van der Waals surface area contributed by atoms with Gasteiger partial charge in [-0.05, 0) is 24.6 Å². The molecule has 23 heavy (non-hydrogen) atoms. The lowest BCUT2D eigenvalue weighted by atomic mass is 9.94. The van der Waals surface area contributed by atoms with Crippen LogP contribution in [0.3, 0.4) is 0 Å². The van der Waals surface area contributed by atoms with Gasteiger partial charge in [0, 0.05) is 32.6 Å². The Morgan fingerprint density at radius 2 is 2.13 bits per heavy atom. The number of aryl methyl sites for hydroxylation is 1. The van der Waals surface area contributed by atoms with Crippen LogP contribution in [-0.2, 0) is 19.4 Å². The highest BCUT2D eigenvalue weighted by Crippen LogP contribution is 2.22. The number of nitrogens with zero attached hydrogens (tertiary/aromatic N) is 3. The second-order valence-corrected chi connectivity index (χ2v) is 6.21. The number of likely N-dealkylation sites (N-methyl/N-ethyl adjacent to an activating group) is 2. The summed E-state index contributed by atoms with van der Waals surface area (Å²) in [6, 6.07) is 8.85. The summed E-state index contributed by atoms with van der Waals surface area (Å²) in [7, 11) is 3.96. The van der Waals surface area contributed by atoms with Crippen molar-refractivity contribution in [3.8, 4) is 0 Å². The van der Waals surface area contributed by atoms with Crippen molar-refractivity contribution < 1.29 is 9.21 Å². The molecule has 1 atom stereocenters. The number of aromatic nitrogens is 1. The first-order valence-electron chi connectivity index (χ1n) is 8.05. The van der Waals surface area contributed by atoms with Crippen LogP contribution in [-0.4, -0.2) is 47.4 Å². The summed E-state index contributed by atoms with van der Waals surface area (Å²) >= 11 is 0. The summed E-state index contributed by atoms with van der Waals surface area (Å²) in [5.74, 6) is 0.590. The van der Waals surface area contributed by atoms with Gasteiger partial charge >= 0.3 is 0 Å². The molecule has 0 radical (unpaired) electrons. The van der Waals surface area contributed by atoms with Gasteiger partial charge in [-0.3, -0.25) is 9.69 Å². The number of oxazole rings is 1. The van der Waals surface area contributed by atoms with Crippen molar-refractivity contribution in [1.82, 2.24) is 14.8 Å². The number of amides is 1. The number of carbonyl (C=O) groups is 1. The molecular weight excluding hydrogens is 290 g/mol. The molecule has 0 saturated carbocycles. The van der Waals surface area contributed by atoms with Crippen LogP contribution < -0.4 is 0 Å². The summed E-state index contributed by atoms with van der Waals surface area (Å²) in [5, 5.41) is 0. The van der Waals surface area contributed by atoms with Gasteiger partial charge in [0.2, 0.25) is 0 Å². The molecular formula is C18H23N3O2. The lowest BCUT2D eigenvalue weighted by Gasteiger charge is -2.36. The fourth-order valence-electron chi connectivity index (χ4n) is 3.20. The van der Waals surface area contributed by atoms with Crippen molar-refractivity contribution in [3.05, 3.63) is 53.2 Å². The van der Waals surface area contributed by atoms with Gasteiger partial charge in [-0.2, -0.15) is 0 Å². The molecule has 0 aliphatic carbocycles. The fourth-order valence-corrected chi connectivity index (χ4v) is 3.20. The number of rotatable bonds is 4. The Hall–Kier alpha value is -2.14. The molecule has 2 aromatic rings. The highest BCUT2D eigenvalue weighted by Gasteiger charge is 2.27. The van der Waals surface area contributed by atoms with Crippen LogP contribution in [0.15, 0.2) is 35.1 Å². The van der Waals surface area contributed by atoms with Crippen molar-refractivity contribution in [2.75, 3.05) is 20.6 Å². The summed E-state index contributed by atoms with van der Waals surface area (Å²) < 4.78 is 5.27. The Morgan fingerprint density at radius 1 is 1.39 bits per heavy atom.